The van der Waals surface area contributed by atoms with Crippen LogP contribution in [0.2, 0.25) is 0 Å². The molecule has 174 valence electrons. The largest absolute Gasteiger partial charge is 0.486 e. The third-order valence-corrected chi connectivity index (χ3v) is 6.50. The van der Waals surface area contributed by atoms with Gasteiger partial charge in [-0.05, 0) is 60.7 Å². The highest BCUT2D eigenvalue weighted by Crippen LogP contribution is 2.23. The van der Waals surface area contributed by atoms with Crippen molar-refractivity contribution in [1.29, 1.82) is 0 Å². The van der Waals surface area contributed by atoms with Crippen LogP contribution in [0.5, 0.6) is 5.75 Å². The Kier molecular flexibility index (Phi) is 7.02. The highest BCUT2D eigenvalue weighted by atomic mass is 16.5. The summed E-state index contributed by atoms with van der Waals surface area (Å²) in [5, 5.41) is 5.36. The predicted octanol–water partition coefficient (Wildman–Crippen LogP) is 5.02. The first-order chi connectivity index (χ1) is 15.9. The van der Waals surface area contributed by atoms with Gasteiger partial charge in [0.05, 0.1) is 0 Å². The van der Waals surface area contributed by atoms with Gasteiger partial charge in [0.25, 0.3) is 5.91 Å². The third kappa shape index (κ3) is 5.56. The van der Waals surface area contributed by atoms with Crippen molar-refractivity contribution in [2.24, 2.45) is 11.8 Å². The number of carbonyl (C=O) groups is 2. The van der Waals surface area contributed by atoms with Gasteiger partial charge < -0.3 is 19.4 Å². The molecule has 2 heterocycles. The van der Waals surface area contributed by atoms with Gasteiger partial charge in [-0.15, -0.1) is 0 Å². The van der Waals surface area contributed by atoms with Crippen LogP contribution >= 0.6 is 0 Å². The number of piperidine rings is 1. The number of nitrogens with zero attached hydrogens (tertiary/aromatic N) is 1. The van der Waals surface area contributed by atoms with Crippen LogP contribution in [0.3, 0.4) is 0 Å². The molecule has 0 aliphatic carbocycles. The van der Waals surface area contributed by atoms with E-state index in [2.05, 4.69) is 25.2 Å². The topological polar surface area (TPSA) is 71.8 Å². The first kappa shape index (κ1) is 22.9. The van der Waals surface area contributed by atoms with Crippen LogP contribution < -0.4 is 10.1 Å². The molecule has 2 amide bonds. The maximum atomic E-state index is 12.9. The summed E-state index contributed by atoms with van der Waals surface area (Å²) in [5.74, 6) is 1.97. The van der Waals surface area contributed by atoms with Gasteiger partial charge in [0.2, 0.25) is 5.91 Å². The van der Waals surface area contributed by atoms with Gasteiger partial charge in [0.15, 0.2) is 5.76 Å². The summed E-state index contributed by atoms with van der Waals surface area (Å²) in [7, 11) is 0. The van der Waals surface area contributed by atoms with Crippen LogP contribution in [0.4, 0.5) is 0 Å². The molecule has 1 N–H and O–H groups in total. The van der Waals surface area contributed by atoms with E-state index >= 15 is 0 Å². The van der Waals surface area contributed by atoms with E-state index in [1.54, 1.807) is 17.0 Å². The Morgan fingerprint density at radius 3 is 2.48 bits per heavy atom. The molecule has 0 radical (unpaired) electrons. The second-order valence-corrected chi connectivity index (χ2v) is 9.17. The predicted molar refractivity (Wildman–Crippen MR) is 128 cm³/mol. The molecule has 1 unspecified atom stereocenters. The average Bonchev–Trinajstić information content (AvgIpc) is 3.31. The molecular formula is C27H32N2O4. The van der Waals surface area contributed by atoms with Crippen LogP contribution in [-0.2, 0) is 11.4 Å². The lowest BCUT2D eigenvalue weighted by Gasteiger charge is -2.31. The first-order valence-electron chi connectivity index (χ1n) is 11.7. The van der Waals surface area contributed by atoms with E-state index in [4.69, 9.17) is 9.15 Å². The second-order valence-electron chi connectivity index (χ2n) is 9.17. The minimum Gasteiger partial charge on any atom is -0.486 e. The van der Waals surface area contributed by atoms with Gasteiger partial charge in [-0.25, -0.2) is 0 Å². The van der Waals surface area contributed by atoms with E-state index in [9.17, 15) is 9.59 Å². The molecule has 0 spiro atoms. The highest BCUT2D eigenvalue weighted by molar-refractivity contribution is 5.91. The number of furan rings is 1. The van der Waals surface area contributed by atoms with Gasteiger partial charge >= 0.3 is 0 Å². The molecule has 1 saturated heterocycles. The van der Waals surface area contributed by atoms with E-state index in [-0.39, 0.29) is 30.4 Å². The van der Waals surface area contributed by atoms with Crippen molar-refractivity contribution in [2.75, 3.05) is 13.1 Å². The van der Waals surface area contributed by atoms with Gasteiger partial charge in [0, 0.05) is 25.0 Å². The first-order valence-corrected chi connectivity index (χ1v) is 11.7. The lowest BCUT2D eigenvalue weighted by molar-refractivity contribution is -0.127. The van der Waals surface area contributed by atoms with Crippen molar-refractivity contribution in [3.8, 4) is 5.75 Å². The molecule has 2 aromatic carbocycles. The normalized spacial score (nSPS) is 15.6. The summed E-state index contributed by atoms with van der Waals surface area (Å²) >= 11 is 0. The minimum absolute atomic E-state index is 0.0437. The number of ether oxygens (including phenoxy) is 1. The molecule has 1 aliphatic heterocycles. The van der Waals surface area contributed by atoms with E-state index in [1.165, 1.54) is 0 Å². The fourth-order valence-corrected chi connectivity index (χ4v) is 3.99. The number of carbonyl (C=O) groups excluding carboxylic acids is 2. The van der Waals surface area contributed by atoms with Gasteiger partial charge in [0.1, 0.15) is 18.1 Å². The lowest BCUT2D eigenvalue weighted by Crippen LogP contribution is -2.45. The molecule has 1 aromatic heterocycles. The van der Waals surface area contributed by atoms with Crippen molar-refractivity contribution in [2.45, 2.75) is 46.3 Å². The Morgan fingerprint density at radius 2 is 1.76 bits per heavy atom. The zero-order chi connectivity index (χ0) is 23.4. The molecule has 6 heteroatoms. The zero-order valence-corrected chi connectivity index (χ0v) is 19.5. The summed E-state index contributed by atoms with van der Waals surface area (Å²) in [6.07, 6.45) is 1.34. The van der Waals surface area contributed by atoms with Crippen LogP contribution in [0, 0.1) is 11.8 Å². The zero-order valence-electron chi connectivity index (χ0n) is 19.5. The van der Waals surface area contributed by atoms with E-state index < -0.39 is 0 Å². The molecule has 3 aromatic rings. The Labute approximate surface area is 194 Å². The maximum Gasteiger partial charge on any atom is 0.289 e. The molecule has 1 atom stereocenters. The number of amides is 2. The average molecular weight is 449 g/mol. The van der Waals surface area contributed by atoms with Gasteiger partial charge in [-0.2, -0.15) is 0 Å². The lowest BCUT2D eigenvalue weighted by atomic mass is 9.94. The summed E-state index contributed by atoms with van der Waals surface area (Å²) in [6, 6.07) is 17.7. The fraction of sp³-hybridized carbons (Fsp3) is 0.407. The van der Waals surface area contributed by atoms with Crippen LogP contribution in [0.15, 0.2) is 59.0 Å². The van der Waals surface area contributed by atoms with E-state index in [0.717, 1.165) is 16.5 Å². The number of hydrogen-bond donors (Lipinski definition) is 1. The summed E-state index contributed by atoms with van der Waals surface area (Å²) < 4.78 is 11.6. The summed E-state index contributed by atoms with van der Waals surface area (Å²) in [5.41, 5.74) is 0. The molecule has 0 bridgehead atoms. The quantitative estimate of drug-likeness (QED) is 0.551. The van der Waals surface area contributed by atoms with E-state index in [0.29, 0.717) is 43.4 Å². The monoisotopic (exact) mass is 448 g/mol. The fourth-order valence-electron chi connectivity index (χ4n) is 3.99. The van der Waals surface area contributed by atoms with Crippen LogP contribution in [0.25, 0.3) is 10.8 Å². The number of benzene rings is 2. The van der Waals surface area contributed by atoms with Crippen molar-refractivity contribution in [3.63, 3.8) is 0 Å². The van der Waals surface area contributed by atoms with E-state index in [1.807, 2.05) is 43.3 Å². The SMILES string of the molecule is CC(C)C(C)NC(=O)C1CCN(C(=O)c2ccc(COc3ccc4ccccc4c3)o2)CC1. The van der Waals surface area contributed by atoms with Crippen molar-refractivity contribution in [1.82, 2.24) is 10.2 Å². The third-order valence-electron chi connectivity index (χ3n) is 6.50. The molecule has 1 fully saturated rings. The molecular weight excluding hydrogens is 416 g/mol. The maximum absolute atomic E-state index is 12.9. The Bertz CT molecular complexity index is 1110. The summed E-state index contributed by atoms with van der Waals surface area (Å²) in [6.45, 7) is 7.57. The molecule has 6 nitrogen and oxygen atoms in total. The summed E-state index contributed by atoms with van der Waals surface area (Å²) in [4.78, 5) is 27.1. The van der Waals surface area contributed by atoms with Gasteiger partial charge in [-0.1, -0.05) is 44.2 Å². The minimum atomic E-state index is -0.138. The standard InChI is InChI=1S/C27H32N2O4/c1-18(2)19(3)28-26(30)21-12-14-29(15-13-21)27(31)25-11-10-24(33-25)17-32-23-9-8-20-6-4-5-7-22(20)16-23/h4-11,16,18-19,21H,12-15,17H2,1-3H3,(H,28,30). The highest BCUT2D eigenvalue weighted by Gasteiger charge is 2.29. The Balaban J connectivity index is 1.28. The Morgan fingerprint density at radius 1 is 1.03 bits per heavy atom. The second kappa shape index (κ2) is 10.1. The number of hydrogen-bond acceptors (Lipinski definition) is 4. The van der Waals surface area contributed by atoms with Crippen LogP contribution in [-0.4, -0.2) is 35.8 Å². The number of fused-ring (bicyclic) bond motifs is 1. The molecule has 33 heavy (non-hydrogen) atoms. The van der Waals surface area contributed by atoms with Crippen LogP contribution in [0.1, 0.15) is 49.9 Å². The van der Waals surface area contributed by atoms with Crippen molar-refractivity contribution < 1.29 is 18.7 Å². The number of nitrogens with one attached hydrogen (secondary N) is 1. The molecule has 4 rings (SSSR count). The molecule has 0 saturated carbocycles. The van der Waals surface area contributed by atoms with Gasteiger partial charge in [-0.3, -0.25) is 9.59 Å². The number of rotatable bonds is 7. The number of likely N-dealkylation sites (tertiary alicyclic amines) is 1. The molecule has 1 aliphatic rings. The van der Waals surface area contributed by atoms with Crippen molar-refractivity contribution >= 4 is 22.6 Å². The Hall–Kier alpha value is -3.28. The smallest absolute Gasteiger partial charge is 0.289 e. The van der Waals surface area contributed by atoms with Crippen molar-refractivity contribution in [3.05, 3.63) is 66.1 Å².